The molecule has 1 rings (SSSR count). The summed E-state index contributed by atoms with van der Waals surface area (Å²) in [7, 11) is -7.36. The smallest absolute Gasteiger partial charge is 0.407 e. The second-order valence-corrected chi connectivity index (χ2v) is 8.49. The molecule has 1 N–H and O–H groups in total. The first kappa shape index (κ1) is 21.4. The lowest BCUT2D eigenvalue weighted by atomic mass is 10.2. The van der Waals surface area contributed by atoms with Crippen LogP contribution in [0, 0.1) is 0 Å². The molecule has 0 heterocycles. The first-order valence-electron chi connectivity index (χ1n) is 7.21. The summed E-state index contributed by atoms with van der Waals surface area (Å²) in [6, 6.07) is 8.16. The number of alkyl carbamates (subject to hydrolysis) is 1. The summed E-state index contributed by atoms with van der Waals surface area (Å²) >= 11 is 0. The monoisotopic (exact) mass is 395 g/mol. The Kier molecular flexibility index (Phi) is 8.29. The number of benzene rings is 1. The van der Waals surface area contributed by atoms with E-state index >= 15 is 0 Å². The predicted octanol–water partition coefficient (Wildman–Crippen LogP) is 0.624. The summed E-state index contributed by atoms with van der Waals surface area (Å²) in [5.74, 6) is 0. The normalized spacial score (nSPS) is 13.2. The molecule has 142 valence electrons. The summed E-state index contributed by atoms with van der Waals surface area (Å²) in [4.78, 5) is 11.8. The van der Waals surface area contributed by atoms with Gasteiger partial charge in [0, 0.05) is 0 Å². The van der Waals surface area contributed by atoms with Crippen molar-refractivity contribution < 1.29 is 34.7 Å². The summed E-state index contributed by atoms with van der Waals surface area (Å²) in [6.07, 6.45) is 0.981. The van der Waals surface area contributed by atoms with Crippen LogP contribution in [0.1, 0.15) is 12.0 Å². The molecular weight excluding hydrogens is 374 g/mol. The highest BCUT2D eigenvalue weighted by Crippen LogP contribution is 2.03. The van der Waals surface area contributed by atoms with Crippen LogP contribution in [-0.2, 0) is 39.9 Å². The number of hydrogen-bond acceptors (Lipinski definition) is 8. The van der Waals surface area contributed by atoms with Crippen molar-refractivity contribution in [1.82, 2.24) is 5.32 Å². The van der Waals surface area contributed by atoms with E-state index in [1.807, 2.05) is 6.07 Å². The van der Waals surface area contributed by atoms with Crippen LogP contribution in [0.15, 0.2) is 30.3 Å². The Balaban J connectivity index is 2.53. The number of hydrogen-bond donors (Lipinski definition) is 1. The maximum absolute atomic E-state index is 11.8. The average Bonchev–Trinajstić information content (AvgIpc) is 2.49. The van der Waals surface area contributed by atoms with Gasteiger partial charge in [-0.15, -0.1) is 0 Å². The topological polar surface area (TPSA) is 125 Å². The number of rotatable bonds is 10. The zero-order chi connectivity index (χ0) is 18.9. The molecule has 1 aromatic rings. The molecule has 0 saturated carbocycles. The van der Waals surface area contributed by atoms with Crippen LogP contribution in [0.25, 0.3) is 0 Å². The van der Waals surface area contributed by atoms with E-state index in [4.69, 9.17) is 4.74 Å². The van der Waals surface area contributed by atoms with E-state index in [-0.39, 0.29) is 26.2 Å². The Hall–Kier alpha value is -1.69. The van der Waals surface area contributed by atoms with Crippen molar-refractivity contribution in [2.75, 3.05) is 25.7 Å². The van der Waals surface area contributed by atoms with Crippen molar-refractivity contribution in [3.05, 3.63) is 35.9 Å². The van der Waals surface area contributed by atoms with Gasteiger partial charge in [-0.2, -0.15) is 16.8 Å². The second kappa shape index (κ2) is 9.70. The molecule has 0 radical (unpaired) electrons. The lowest BCUT2D eigenvalue weighted by Crippen LogP contribution is -2.40. The Morgan fingerprint density at radius 1 is 1.04 bits per heavy atom. The minimum atomic E-state index is -3.71. The molecule has 0 fully saturated rings. The average molecular weight is 395 g/mol. The zero-order valence-corrected chi connectivity index (χ0v) is 15.5. The fraction of sp³-hybridized carbons (Fsp3) is 0.500. The summed E-state index contributed by atoms with van der Waals surface area (Å²) in [6.45, 7) is -0.575. The van der Waals surface area contributed by atoms with Crippen molar-refractivity contribution in [3.63, 3.8) is 0 Å². The van der Waals surface area contributed by atoms with E-state index in [1.165, 1.54) is 0 Å². The molecule has 1 atom stereocenters. The van der Waals surface area contributed by atoms with Crippen LogP contribution in [0.3, 0.4) is 0 Å². The lowest BCUT2D eigenvalue weighted by molar-refractivity contribution is 0.128. The van der Waals surface area contributed by atoms with Crippen molar-refractivity contribution in [2.45, 2.75) is 19.1 Å². The van der Waals surface area contributed by atoms with E-state index in [0.29, 0.717) is 0 Å². The second-order valence-electron chi connectivity index (χ2n) is 5.21. The molecule has 0 saturated heterocycles. The van der Waals surface area contributed by atoms with Gasteiger partial charge in [-0.3, -0.25) is 8.37 Å². The summed E-state index contributed by atoms with van der Waals surface area (Å²) in [5.41, 5.74) is 0.780. The number of nitrogens with one attached hydrogen (secondary N) is 1. The predicted molar refractivity (Wildman–Crippen MR) is 89.8 cm³/mol. The fourth-order valence-electron chi connectivity index (χ4n) is 1.68. The maximum Gasteiger partial charge on any atom is 0.407 e. The molecule has 0 unspecified atom stereocenters. The van der Waals surface area contributed by atoms with E-state index in [9.17, 15) is 21.6 Å². The highest BCUT2D eigenvalue weighted by Gasteiger charge is 2.17. The van der Waals surface area contributed by atoms with Crippen LogP contribution < -0.4 is 5.32 Å². The Morgan fingerprint density at radius 3 is 2.20 bits per heavy atom. The van der Waals surface area contributed by atoms with Crippen molar-refractivity contribution >= 4 is 26.3 Å². The van der Waals surface area contributed by atoms with Crippen LogP contribution in [0.5, 0.6) is 0 Å². The first-order valence-corrected chi connectivity index (χ1v) is 10.8. The van der Waals surface area contributed by atoms with E-state index in [0.717, 1.165) is 18.1 Å². The fourth-order valence-corrected chi connectivity index (χ4v) is 2.49. The zero-order valence-electron chi connectivity index (χ0n) is 13.9. The van der Waals surface area contributed by atoms with Gasteiger partial charge in [0.2, 0.25) is 0 Å². The van der Waals surface area contributed by atoms with E-state index in [1.54, 1.807) is 24.3 Å². The van der Waals surface area contributed by atoms with Gasteiger partial charge in [0.25, 0.3) is 20.2 Å². The molecule has 0 aliphatic rings. The lowest BCUT2D eigenvalue weighted by Gasteiger charge is -2.17. The van der Waals surface area contributed by atoms with Gasteiger partial charge >= 0.3 is 6.09 Å². The largest absolute Gasteiger partial charge is 0.445 e. The van der Waals surface area contributed by atoms with Gasteiger partial charge in [0.1, 0.15) is 6.61 Å². The third-order valence-corrected chi connectivity index (χ3v) is 3.94. The molecule has 11 heteroatoms. The van der Waals surface area contributed by atoms with Crippen molar-refractivity contribution in [1.29, 1.82) is 0 Å². The van der Waals surface area contributed by atoms with Crippen molar-refractivity contribution in [3.8, 4) is 0 Å². The van der Waals surface area contributed by atoms with Gasteiger partial charge in [-0.05, 0) is 12.0 Å². The van der Waals surface area contributed by atoms with Gasteiger partial charge < -0.3 is 10.1 Å². The standard InChI is InChI=1S/C14H21NO8S2/c1-24(17,18)22-9-8-13(11-23-25(2,19)20)15-14(16)21-10-12-6-4-3-5-7-12/h3-7,13H,8-11H2,1-2H3,(H,15,16)/t13-/m0/s1. The maximum atomic E-state index is 11.8. The van der Waals surface area contributed by atoms with Crippen LogP contribution in [-0.4, -0.2) is 54.7 Å². The van der Waals surface area contributed by atoms with Crippen LogP contribution in [0.4, 0.5) is 4.79 Å². The van der Waals surface area contributed by atoms with E-state index in [2.05, 4.69) is 13.7 Å². The summed E-state index contributed by atoms with van der Waals surface area (Å²) in [5, 5.41) is 2.42. The van der Waals surface area contributed by atoms with E-state index < -0.39 is 32.4 Å². The number of carbonyl (C=O) groups excluding carboxylic acids is 1. The Bertz CT molecular complexity index is 746. The van der Waals surface area contributed by atoms with Crippen LogP contribution >= 0.6 is 0 Å². The van der Waals surface area contributed by atoms with Crippen LogP contribution in [0.2, 0.25) is 0 Å². The number of carbonyl (C=O) groups is 1. The van der Waals surface area contributed by atoms with Crippen molar-refractivity contribution in [2.24, 2.45) is 0 Å². The molecule has 1 amide bonds. The number of amides is 1. The third-order valence-electron chi connectivity index (χ3n) is 2.78. The Morgan fingerprint density at radius 2 is 1.64 bits per heavy atom. The molecule has 0 spiro atoms. The quantitative estimate of drug-likeness (QED) is 0.572. The SMILES string of the molecule is CS(=O)(=O)OCC[C@@H](COS(C)(=O)=O)NC(=O)OCc1ccccc1. The van der Waals surface area contributed by atoms with Gasteiger partial charge in [0.15, 0.2) is 0 Å². The molecule has 9 nitrogen and oxygen atoms in total. The molecular formula is C14H21NO8S2. The highest BCUT2D eigenvalue weighted by molar-refractivity contribution is 7.86. The Labute approximate surface area is 147 Å². The van der Waals surface area contributed by atoms with Gasteiger partial charge in [-0.1, -0.05) is 30.3 Å². The molecule has 1 aromatic carbocycles. The summed E-state index contributed by atoms with van der Waals surface area (Å²) < 4.78 is 58.3. The molecule has 0 bridgehead atoms. The molecule has 0 aliphatic carbocycles. The third kappa shape index (κ3) is 11.5. The number of ether oxygens (including phenoxy) is 1. The molecule has 0 aromatic heterocycles. The highest BCUT2D eigenvalue weighted by atomic mass is 32.2. The van der Waals surface area contributed by atoms with Gasteiger partial charge in [-0.25, -0.2) is 4.79 Å². The first-order chi connectivity index (χ1) is 11.6. The molecule has 25 heavy (non-hydrogen) atoms. The molecule has 0 aliphatic heterocycles. The van der Waals surface area contributed by atoms with Gasteiger partial charge in [0.05, 0.1) is 31.8 Å². The minimum Gasteiger partial charge on any atom is -0.445 e. The minimum absolute atomic E-state index is 0.0169.